The standard InChI is InChI=1S/C26H31F4N3O2/c1-17-13-20-19-6-3-2-5-18(19)14-21(20)25(33(17)15-26(29,30)16-34)24-23(28)22(7-10-32-24)35-12-11-31-9-4-8-27/h2-3,5-7,10,17,25,31,34H,4,8-9,11-16H2,1H3/t17-,25+/m1/s1. The van der Waals surface area contributed by atoms with E-state index in [4.69, 9.17) is 4.74 Å². The second-order valence-corrected chi connectivity index (χ2v) is 9.13. The molecule has 0 fully saturated rings. The van der Waals surface area contributed by atoms with Crippen molar-refractivity contribution in [2.75, 3.05) is 39.5 Å². The minimum Gasteiger partial charge on any atom is -0.489 e. The Morgan fingerprint density at radius 1 is 1.23 bits per heavy atom. The van der Waals surface area contributed by atoms with Crippen molar-refractivity contribution in [2.45, 2.75) is 44.2 Å². The number of ether oxygens (including phenoxy) is 1. The van der Waals surface area contributed by atoms with Crippen LogP contribution in [0.1, 0.15) is 42.6 Å². The summed E-state index contributed by atoms with van der Waals surface area (Å²) in [6.45, 7) is 0.499. The summed E-state index contributed by atoms with van der Waals surface area (Å²) in [6.07, 6.45) is 2.89. The van der Waals surface area contributed by atoms with Gasteiger partial charge in [-0.2, -0.15) is 0 Å². The predicted molar refractivity (Wildman–Crippen MR) is 126 cm³/mol. The number of nitrogens with zero attached hydrogens (tertiary/aromatic N) is 2. The zero-order valence-corrected chi connectivity index (χ0v) is 19.7. The first-order chi connectivity index (χ1) is 16.9. The maximum absolute atomic E-state index is 15.7. The highest BCUT2D eigenvalue weighted by Gasteiger charge is 2.44. The molecule has 1 aromatic carbocycles. The van der Waals surface area contributed by atoms with E-state index in [0.29, 0.717) is 32.4 Å². The molecular formula is C26H31F4N3O2. The van der Waals surface area contributed by atoms with Gasteiger partial charge in [0.25, 0.3) is 5.92 Å². The van der Waals surface area contributed by atoms with Gasteiger partial charge in [0.2, 0.25) is 0 Å². The van der Waals surface area contributed by atoms with Crippen LogP contribution in [-0.2, 0) is 6.42 Å². The van der Waals surface area contributed by atoms with Crippen LogP contribution in [0.4, 0.5) is 17.6 Å². The average Bonchev–Trinajstić information content (AvgIpc) is 3.21. The number of rotatable bonds is 11. The lowest BCUT2D eigenvalue weighted by Crippen LogP contribution is -2.48. The van der Waals surface area contributed by atoms with Crippen LogP contribution in [0, 0.1) is 5.82 Å². The monoisotopic (exact) mass is 493 g/mol. The lowest BCUT2D eigenvalue weighted by Gasteiger charge is -2.43. The van der Waals surface area contributed by atoms with Crippen molar-refractivity contribution >= 4 is 5.57 Å². The molecule has 2 N–H and O–H groups in total. The predicted octanol–water partition coefficient (Wildman–Crippen LogP) is 4.32. The summed E-state index contributed by atoms with van der Waals surface area (Å²) in [5.41, 5.74) is 4.09. The summed E-state index contributed by atoms with van der Waals surface area (Å²) in [5, 5.41) is 12.3. The first kappa shape index (κ1) is 25.6. The number of nitrogens with one attached hydrogen (secondary N) is 1. The second-order valence-electron chi connectivity index (χ2n) is 9.13. The fourth-order valence-electron chi connectivity index (χ4n) is 5.00. The Labute approximate surface area is 202 Å². The molecule has 35 heavy (non-hydrogen) atoms. The van der Waals surface area contributed by atoms with E-state index < -0.39 is 37.6 Å². The van der Waals surface area contributed by atoms with E-state index in [1.807, 2.05) is 31.2 Å². The molecule has 0 radical (unpaired) electrons. The fraction of sp³-hybridized carbons (Fsp3) is 0.500. The molecule has 0 spiro atoms. The topological polar surface area (TPSA) is 57.6 Å². The van der Waals surface area contributed by atoms with Crippen molar-refractivity contribution < 1.29 is 27.4 Å². The molecule has 2 atom stereocenters. The van der Waals surface area contributed by atoms with Gasteiger partial charge in [0.15, 0.2) is 11.6 Å². The number of benzene rings is 1. The van der Waals surface area contributed by atoms with Crippen molar-refractivity contribution in [3.05, 3.63) is 64.7 Å². The molecule has 190 valence electrons. The van der Waals surface area contributed by atoms with Crippen LogP contribution in [-0.4, -0.2) is 66.5 Å². The molecule has 1 aromatic heterocycles. The van der Waals surface area contributed by atoms with Gasteiger partial charge in [0.1, 0.15) is 18.9 Å². The molecule has 0 saturated heterocycles. The van der Waals surface area contributed by atoms with Crippen molar-refractivity contribution in [2.24, 2.45) is 0 Å². The van der Waals surface area contributed by atoms with Crippen molar-refractivity contribution in [3.8, 4) is 5.75 Å². The Morgan fingerprint density at radius 2 is 2.03 bits per heavy atom. The molecule has 1 aliphatic carbocycles. The van der Waals surface area contributed by atoms with Crippen LogP contribution in [0.2, 0.25) is 0 Å². The summed E-state index contributed by atoms with van der Waals surface area (Å²) in [7, 11) is 0. The third kappa shape index (κ3) is 5.52. The van der Waals surface area contributed by atoms with E-state index in [2.05, 4.69) is 10.3 Å². The summed E-state index contributed by atoms with van der Waals surface area (Å²) in [4.78, 5) is 5.85. The Kier molecular flexibility index (Phi) is 8.09. The molecule has 5 nitrogen and oxygen atoms in total. The van der Waals surface area contributed by atoms with Crippen LogP contribution < -0.4 is 10.1 Å². The number of aromatic nitrogens is 1. The van der Waals surface area contributed by atoms with Gasteiger partial charge in [-0.25, -0.2) is 13.2 Å². The summed E-state index contributed by atoms with van der Waals surface area (Å²) in [5.74, 6) is -4.03. The number of aliphatic hydroxyl groups is 1. The molecule has 2 aromatic rings. The number of aliphatic hydroxyl groups excluding tert-OH is 1. The van der Waals surface area contributed by atoms with E-state index in [1.165, 1.54) is 12.3 Å². The number of hydrogen-bond donors (Lipinski definition) is 2. The van der Waals surface area contributed by atoms with Crippen LogP contribution in [0.5, 0.6) is 5.75 Å². The quantitative estimate of drug-likeness (QED) is 0.361. The highest BCUT2D eigenvalue weighted by molar-refractivity contribution is 5.78. The minimum absolute atomic E-state index is 0.00736. The summed E-state index contributed by atoms with van der Waals surface area (Å²) in [6, 6.07) is 8.16. The van der Waals surface area contributed by atoms with Gasteiger partial charge in [-0.3, -0.25) is 14.3 Å². The largest absolute Gasteiger partial charge is 0.489 e. The third-order valence-electron chi connectivity index (χ3n) is 6.65. The van der Waals surface area contributed by atoms with Gasteiger partial charge in [-0.05, 0) is 55.0 Å². The van der Waals surface area contributed by atoms with Crippen molar-refractivity contribution in [1.82, 2.24) is 15.2 Å². The SMILES string of the molecule is C[C@@H]1CC2=C(Cc3ccccc32)[C@@H](c2nccc(OCCNCCCF)c2F)N1CC(F)(F)CO. The number of alkyl halides is 3. The van der Waals surface area contributed by atoms with Gasteiger partial charge < -0.3 is 15.2 Å². The van der Waals surface area contributed by atoms with E-state index >= 15 is 4.39 Å². The zero-order chi connectivity index (χ0) is 25.0. The zero-order valence-electron chi connectivity index (χ0n) is 19.7. The van der Waals surface area contributed by atoms with Crippen molar-refractivity contribution in [3.63, 3.8) is 0 Å². The third-order valence-corrected chi connectivity index (χ3v) is 6.65. The van der Waals surface area contributed by atoms with Gasteiger partial charge in [-0.1, -0.05) is 24.3 Å². The van der Waals surface area contributed by atoms with Crippen molar-refractivity contribution in [1.29, 1.82) is 0 Å². The first-order valence-corrected chi connectivity index (χ1v) is 11.9. The van der Waals surface area contributed by atoms with E-state index in [9.17, 15) is 18.3 Å². The van der Waals surface area contributed by atoms with Crippen LogP contribution >= 0.6 is 0 Å². The van der Waals surface area contributed by atoms with E-state index in [-0.39, 0.29) is 24.1 Å². The number of hydrogen-bond acceptors (Lipinski definition) is 5. The molecule has 2 heterocycles. The first-order valence-electron chi connectivity index (χ1n) is 11.9. The number of fused-ring (bicyclic) bond motifs is 2. The molecular weight excluding hydrogens is 462 g/mol. The average molecular weight is 494 g/mol. The van der Waals surface area contributed by atoms with Gasteiger partial charge in [0, 0.05) is 24.8 Å². The number of halogens is 4. The summed E-state index contributed by atoms with van der Waals surface area (Å²) < 4.78 is 62.4. The van der Waals surface area contributed by atoms with Gasteiger partial charge >= 0.3 is 0 Å². The van der Waals surface area contributed by atoms with Crippen LogP contribution in [0.15, 0.2) is 42.1 Å². The number of pyridine rings is 1. The molecule has 2 aliphatic rings. The highest BCUT2D eigenvalue weighted by atomic mass is 19.3. The molecule has 9 heteroatoms. The lowest BCUT2D eigenvalue weighted by molar-refractivity contribution is -0.0862. The highest BCUT2D eigenvalue weighted by Crippen LogP contribution is 2.49. The second kappa shape index (κ2) is 11.1. The fourth-order valence-corrected chi connectivity index (χ4v) is 5.00. The Balaban J connectivity index is 1.67. The molecule has 0 amide bonds. The Bertz CT molecular complexity index is 1060. The molecule has 1 aliphatic heterocycles. The van der Waals surface area contributed by atoms with Crippen LogP contribution in [0.3, 0.4) is 0 Å². The Hall–Kier alpha value is -2.49. The lowest BCUT2D eigenvalue weighted by atomic mass is 9.86. The normalized spacial score (nSPS) is 20.2. The molecule has 0 unspecified atom stereocenters. The van der Waals surface area contributed by atoms with Gasteiger partial charge in [-0.15, -0.1) is 0 Å². The minimum atomic E-state index is -3.34. The van der Waals surface area contributed by atoms with E-state index in [1.54, 1.807) is 4.90 Å². The van der Waals surface area contributed by atoms with Crippen LogP contribution in [0.25, 0.3) is 5.57 Å². The van der Waals surface area contributed by atoms with E-state index in [0.717, 1.165) is 22.3 Å². The molecule has 0 saturated carbocycles. The maximum atomic E-state index is 15.7. The van der Waals surface area contributed by atoms with Gasteiger partial charge in [0.05, 0.1) is 19.3 Å². The molecule has 0 bridgehead atoms. The maximum Gasteiger partial charge on any atom is 0.283 e. The Morgan fingerprint density at radius 3 is 2.80 bits per heavy atom. The summed E-state index contributed by atoms with van der Waals surface area (Å²) >= 11 is 0. The smallest absolute Gasteiger partial charge is 0.283 e. The molecule has 4 rings (SSSR count).